The fourth-order valence-corrected chi connectivity index (χ4v) is 3.76. The zero-order valence-corrected chi connectivity index (χ0v) is 11.5. The van der Waals surface area contributed by atoms with Gasteiger partial charge in [0, 0.05) is 19.1 Å². The minimum atomic E-state index is -1.89. The van der Waals surface area contributed by atoms with Gasteiger partial charge in [-0.15, -0.1) is 0 Å². The molecule has 1 aliphatic heterocycles. The topological polar surface area (TPSA) is 27.7 Å². The molecule has 1 rings (SSSR count). The molecule has 1 heterocycles. The molecule has 0 bridgehead atoms. The summed E-state index contributed by atoms with van der Waals surface area (Å²) in [6.07, 6.45) is 2.26. The average Bonchev–Trinajstić information content (AvgIpc) is 2.17. The lowest BCUT2D eigenvalue weighted by atomic mass is 9.84. The Labute approximate surface area is 94.4 Å². The van der Waals surface area contributed by atoms with Gasteiger partial charge in [-0.05, 0) is 19.0 Å². The first kappa shape index (κ1) is 13.2. The minimum absolute atomic E-state index is 0.278. The van der Waals surface area contributed by atoms with Crippen molar-refractivity contribution in [2.75, 3.05) is 26.9 Å². The van der Waals surface area contributed by atoms with Crippen LogP contribution in [-0.2, 0) is 13.6 Å². The lowest BCUT2D eigenvalue weighted by molar-refractivity contribution is -0.137. The molecule has 0 aromatic carbocycles. The molecule has 0 saturated carbocycles. The third-order valence-electron chi connectivity index (χ3n) is 3.39. The molecule has 0 aliphatic carbocycles. The summed E-state index contributed by atoms with van der Waals surface area (Å²) in [5.74, 6) is 0. The van der Waals surface area contributed by atoms with Crippen LogP contribution in [0.2, 0.25) is 12.6 Å². The summed E-state index contributed by atoms with van der Waals surface area (Å²) in [7, 11) is -0.112. The minimum Gasteiger partial charge on any atom is -0.398 e. The zero-order chi connectivity index (χ0) is 11.4. The normalized spacial score (nSPS) is 23.2. The van der Waals surface area contributed by atoms with Crippen molar-refractivity contribution < 1.29 is 13.6 Å². The van der Waals surface area contributed by atoms with Gasteiger partial charge < -0.3 is 13.6 Å². The molecule has 4 heteroatoms. The van der Waals surface area contributed by atoms with E-state index in [1.807, 2.05) is 0 Å². The van der Waals surface area contributed by atoms with Gasteiger partial charge in [0.2, 0.25) is 0 Å². The van der Waals surface area contributed by atoms with Gasteiger partial charge in [-0.3, -0.25) is 0 Å². The van der Waals surface area contributed by atoms with Gasteiger partial charge >= 0.3 is 8.56 Å². The highest BCUT2D eigenvalue weighted by molar-refractivity contribution is 6.65. The molecular weight excluding hydrogens is 208 g/mol. The number of ether oxygens (including phenoxy) is 1. The van der Waals surface area contributed by atoms with Crippen LogP contribution in [0.1, 0.15) is 26.7 Å². The first-order valence-corrected chi connectivity index (χ1v) is 8.39. The molecule has 1 atom stereocenters. The maximum absolute atomic E-state index is 6.05. The van der Waals surface area contributed by atoms with Crippen molar-refractivity contribution in [1.82, 2.24) is 0 Å². The molecule has 90 valence electrons. The summed E-state index contributed by atoms with van der Waals surface area (Å²) < 4.78 is 16.9. The van der Waals surface area contributed by atoms with Gasteiger partial charge in [0.05, 0.1) is 13.2 Å². The second-order valence-corrected chi connectivity index (χ2v) is 8.19. The van der Waals surface area contributed by atoms with E-state index in [1.165, 1.54) is 0 Å². The third kappa shape index (κ3) is 3.28. The molecule has 0 N–H and O–H groups in total. The van der Waals surface area contributed by atoms with E-state index in [9.17, 15) is 0 Å². The van der Waals surface area contributed by atoms with Crippen LogP contribution in [0, 0.1) is 5.41 Å². The Morgan fingerprint density at radius 3 is 2.33 bits per heavy atom. The van der Waals surface area contributed by atoms with E-state index in [2.05, 4.69) is 20.4 Å². The van der Waals surface area contributed by atoms with Crippen molar-refractivity contribution in [2.45, 2.75) is 39.3 Å². The molecule has 0 radical (unpaired) electrons. The van der Waals surface area contributed by atoms with Crippen LogP contribution >= 0.6 is 0 Å². The van der Waals surface area contributed by atoms with E-state index in [0.29, 0.717) is 0 Å². The molecule has 0 aromatic heterocycles. The van der Waals surface area contributed by atoms with E-state index < -0.39 is 8.56 Å². The predicted octanol–water partition coefficient (Wildman–Crippen LogP) is 2.56. The maximum Gasteiger partial charge on any atom is 0.334 e. The Morgan fingerprint density at radius 1 is 1.33 bits per heavy atom. The summed E-state index contributed by atoms with van der Waals surface area (Å²) in [6, 6.07) is 1.07. The molecule has 1 saturated heterocycles. The molecule has 15 heavy (non-hydrogen) atoms. The molecule has 1 aliphatic rings. The smallest absolute Gasteiger partial charge is 0.334 e. The average molecular weight is 232 g/mol. The van der Waals surface area contributed by atoms with Gasteiger partial charge in [0.25, 0.3) is 0 Å². The third-order valence-corrected chi connectivity index (χ3v) is 6.41. The quantitative estimate of drug-likeness (QED) is 0.631. The fourth-order valence-electron chi connectivity index (χ4n) is 1.77. The van der Waals surface area contributed by atoms with Crippen molar-refractivity contribution in [3.8, 4) is 0 Å². The van der Waals surface area contributed by atoms with Crippen molar-refractivity contribution in [2.24, 2.45) is 5.41 Å². The molecule has 3 nitrogen and oxygen atoms in total. The number of rotatable bonds is 7. The fraction of sp³-hybridized carbons (Fsp3) is 1.00. The number of hydrogen-bond donors (Lipinski definition) is 0. The van der Waals surface area contributed by atoms with Crippen LogP contribution in [0.5, 0.6) is 0 Å². The van der Waals surface area contributed by atoms with Gasteiger partial charge in [0.1, 0.15) is 0 Å². The Kier molecular flexibility index (Phi) is 4.77. The standard InChI is InChI=1S/C11H24O3Si/c1-5-7-15(4,12-3)14-10-11(6-2)8-13-9-11/h5-10H2,1-4H3. The zero-order valence-electron chi connectivity index (χ0n) is 10.5. The SMILES string of the molecule is CCC[Si](C)(OC)OCC1(CC)COC1. The van der Waals surface area contributed by atoms with Gasteiger partial charge in [-0.2, -0.15) is 0 Å². The van der Waals surface area contributed by atoms with Crippen molar-refractivity contribution in [3.05, 3.63) is 0 Å². The van der Waals surface area contributed by atoms with E-state index >= 15 is 0 Å². The van der Waals surface area contributed by atoms with E-state index in [-0.39, 0.29) is 5.41 Å². The Bertz CT molecular complexity index is 189. The van der Waals surface area contributed by atoms with Crippen LogP contribution in [-0.4, -0.2) is 35.5 Å². The molecule has 1 unspecified atom stereocenters. The second kappa shape index (κ2) is 5.43. The van der Waals surface area contributed by atoms with Gasteiger partial charge in [0.15, 0.2) is 0 Å². The van der Waals surface area contributed by atoms with Crippen LogP contribution in [0.4, 0.5) is 0 Å². The first-order chi connectivity index (χ1) is 7.10. The van der Waals surface area contributed by atoms with Crippen LogP contribution in [0.25, 0.3) is 0 Å². The highest BCUT2D eigenvalue weighted by atomic mass is 28.4. The Morgan fingerprint density at radius 2 is 2.00 bits per heavy atom. The van der Waals surface area contributed by atoms with Crippen LogP contribution in [0.3, 0.4) is 0 Å². The van der Waals surface area contributed by atoms with E-state index in [1.54, 1.807) is 7.11 Å². The van der Waals surface area contributed by atoms with Crippen molar-refractivity contribution in [1.29, 1.82) is 0 Å². The summed E-state index contributed by atoms with van der Waals surface area (Å²) in [5, 5.41) is 0. The highest BCUT2D eigenvalue weighted by Gasteiger charge is 2.40. The summed E-state index contributed by atoms with van der Waals surface area (Å²) >= 11 is 0. The largest absolute Gasteiger partial charge is 0.398 e. The Hall–Kier alpha value is 0.0969. The molecular formula is C11H24O3Si. The molecule has 0 amide bonds. The second-order valence-electron chi connectivity index (χ2n) is 4.72. The first-order valence-electron chi connectivity index (χ1n) is 5.86. The summed E-state index contributed by atoms with van der Waals surface area (Å²) in [4.78, 5) is 0. The lowest BCUT2D eigenvalue weighted by Crippen LogP contribution is -2.49. The van der Waals surface area contributed by atoms with Crippen LogP contribution < -0.4 is 0 Å². The molecule has 0 aromatic rings. The molecule has 1 fully saturated rings. The van der Waals surface area contributed by atoms with E-state index in [4.69, 9.17) is 13.6 Å². The highest BCUT2D eigenvalue weighted by Crippen LogP contribution is 2.33. The predicted molar refractivity (Wildman–Crippen MR) is 63.2 cm³/mol. The number of hydrogen-bond acceptors (Lipinski definition) is 3. The van der Waals surface area contributed by atoms with Crippen LogP contribution in [0.15, 0.2) is 0 Å². The van der Waals surface area contributed by atoms with E-state index in [0.717, 1.165) is 38.7 Å². The molecule has 0 spiro atoms. The van der Waals surface area contributed by atoms with Gasteiger partial charge in [-0.1, -0.05) is 20.3 Å². The monoisotopic (exact) mass is 232 g/mol. The Balaban J connectivity index is 2.39. The summed E-state index contributed by atoms with van der Waals surface area (Å²) in [6.45, 7) is 9.04. The van der Waals surface area contributed by atoms with Crippen molar-refractivity contribution in [3.63, 3.8) is 0 Å². The maximum atomic E-state index is 6.05. The summed E-state index contributed by atoms with van der Waals surface area (Å²) in [5.41, 5.74) is 0.278. The van der Waals surface area contributed by atoms with Gasteiger partial charge in [-0.25, -0.2) is 0 Å². The van der Waals surface area contributed by atoms with Crippen molar-refractivity contribution >= 4 is 8.56 Å². The lowest BCUT2D eigenvalue weighted by Gasteiger charge is -2.42.